The lowest BCUT2D eigenvalue weighted by molar-refractivity contribution is 0.316. The number of rotatable bonds is 1. The van der Waals surface area contributed by atoms with Gasteiger partial charge in [-0.25, -0.2) is 0 Å². The first-order valence-electron chi connectivity index (χ1n) is 4.38. The Hall–Kier alpha value is -1.51. The molecule has 1 aromatic rings. The van der Waals surface area contributed by atoms with E-state index in [1.54, 1.807) is 0 Å². The van der Waals surface area contributed by atoms with Crippen molar-refractivity contribution in [1.82, 2.24) is 0 Å². The molecule has 3 nitrogen and oxygen atoms in total. The molecular weight excluding hydrogens is 164 g/mol. The number of nitrogens with two attached hydrogens (primary N) is 1. The van der Waals surface area contributed by atoms with E-state index in [-0.39, 0.29) is 5.92 Å². The SMILES string of the molecule is NC(=NO)C1CCc2ccccc21. The molecule has 3 heteroatoms. The average Bonchev–Trinajstić information content (AvgIpc) is 2.60. The summed E-state index contributed by atoms with van der Waals surface area (Å²) in [7, 11) is 0. The highest BCUT2D eigenvalue weighted by atomic mass is 16.4. The van der Waals surface area contributed by atoms with Crippen LogP contribution in [0.2, 0.25) is 0 Å². The number of aryl methyl sites for hydroxylation is 1. The molecule has 0 aromatic heterocycles. The van der Waals surface area contributed by atoms with Crippen LogP contribution in [0.1, 0.15) is 23.5 Å². The zero-order valence-corrected chi connectivity index (χ0v) is 7.27. The molecule has 13 heavy (non-hydrogen) atoms. The largest absolute Gasteiger partial charge is 0.409 e. The molecular formula is C10H12N2O. The maximum atomic E-state index is 8.58. The number of fused-ring (bicyclic) bond motifs is 1. The van der Waals surface area contributed by atoms with Crippen LogP contribution in [0.15, 0.2) is 29.4 Å². The van der Waals surface area contributed by atoms with Crippen molar-refractivity contribution in [2.24, 2.45) is 10.9 Å². The monoisotopic (exact) mass is 176 g/mol. The Morgan fingerprint density at radius 1 is 1.46 bits per heavy atom. The Morgan fingerprint density at radius 2 is 2.23 bits per heavy atom. The molecule has 1 aromatic carbocycles. The fraction of sp³-hybridized carbons (Fsp3) is 0.300. The first-order chi connectivity index (χ1) is 6.33. The Labute approximate surface area is 76.9 Å². The summed E-state index contributed by atoms with van der Waals surface area (Å²) in [5.41, 5.74) is 8.12. The number of benzene rings is 1. The molecule has 0 amide bonds. The van der Waals surface area contributed by atoms with Crippen LogP contribution in [0, 0.1) is 0 Å². The van der Waals surface area contributed by atoms with E-state index in [2.05, 4.69) is 11.2 Å². The maximum Gasteiger partial charge on any atom is 0.146 e. The van der Waals surface area contributed by atoms with Gasteiger partial charge in [0.05, 0.1) is 0 Å². The van der Waals surface area contributed by atoms with Crippen LogP contribution in [0.25, 0.3) is 0 Å². The van der Waals surface area contributed by atoms with Crippen molar-refractivity contribution in [3.63, 3.8) is 0 Å². The zero-order chi connectivity index (χ0) is 9.26. The van der Waals surface area contributed by atoms with Gasteiger partial charge in [-0.05, 0) is 24.0 Å². The number of amidine groups is 1. The topological polar surface area (TPSA) is 58.6 Å². The number of oxime groups is 1. The minimum atomic E-state index is 0.112. The first-order valence-corrected chi connectivity index (χ1v) is 4.38. The zero-order valence-electron chi connectivity index (χ0n) is 7.27. The molecule has 1 atom stereocenters. The lowest BCUT2D eigenvalue weighted by Gasteiger charge is -2.08. The van der Waals surface area contributed by atoms with Crippen LogP contribution in [-0.4, -0.2) is 11.0 Å². The van der Waals surface area contributed by atoms with Crippen LogP contribution in [-0.2, 0) is 6.42 Å². The fourth-order valence-electron chi connectivity index (χ4n) is 1.93. The van der Waals surface area contributed by atoms with Crippen molar-refractivity contribution < 1.29 is 5.21 Å². The van der Waals surface area contributed by atoms with Crippen molar-refractivity contribution in [3.8, 4) is 0 Å². The van der Waals surface area contributed by atoms with Gasteiger partial charge in [-0.1, -0.05) is 29.4 Å². The second-order valence-corrected chi connectivity index (χ2v) is 3.31. The normalized spacial score (nSPS) is 21.5. The lowest BCUT2D eigenvalue weighted by atomic mass is 10.0. The Balaban J connectivity index is 2.39. The average molecular weight is 176 g/mol. The molecule has 0 aliphatic heterocycles. The fourth-order valence-corrected chi connectivity index (χ4v) is 1.93. The predicted octanol–water partition coefficient (Wildman–Crippen LogP) is 1.46. The molecule has 0 fully saturated rings. The second kappa shape index (κ2) is 3.09. The Bertz CT molecular complexity index is 347. The molecule has 1 aliphatic carbocycles. The second-order valence-electron chi connectivity index (χ2n) is 3.31. The molecule has 0 heterocycles. The van der Waals surface area contributed by atoms with E-state index in [0.29, 0.717) is 5.84 Å². The summed E-state index contributed by atoms with van der Waals surface area (Å²) in [5.74, 6) is 0.436. The first kappa shape index (κ1) is 8.10. The highest BCUT2D eigenvalue weighted by molar-refractivity contribution is 5.88. The summed E-state index contributed by atoms with van der Waals surface area (Å²) >= 11 is 0. The van der Waals surface area contributed by atoms with Crippen LogP contribution >= 0.6 is 0 Å². The summed E-state index contributed by atoms with van der Waals surface area (Å²) in [6.45, 7) is 0. The van der Waals surface area contributed by atoms with E-state index in [9.17, 15) is 0 Å². The standard InChI is InChI=1S/C10H12N2O/c11-10(12-13)9-6-5-7-3-1-2-4-8(7)9/h1-4,9,13H,5-6H2,(H2,11,12). The summed E-state index contributed by atoms with van der Waals surface area (Å²) in [5, 5.41) is 11.6. The smallest absolute Gasteiger partial charge is 0.146 e. The molecule has 2 rings (SSSR count). The van der Waals surface area contributed by atoms with Gasteiger partial charge in [0.1, 0.15) is 5.84 Å². The Kier molecular flexibility index (Phi) is 1.93. The maximum absolute atomic E-state index is 8.58. The number of hydrogen-bond donors (Lipinski definition) is 2. The molecule has 1 unspecified atom stereocenters. The highest BCUT2D eigenvalue weighted by Crippen LogP contribution is 2.32. The molecule has 0 saturated carbocycles. The van der Waals surface area contributed by atoms with E-state index < -0.39 is 0 Å². The summed E-state index contributed by atoms with van der Waals surface area (Å²) in [4.78, 5) is 0. The van der Waals surface area contributed by atoms with E-state index >= 15 is 0 Å². The molecule has 0 radical (unpaired) electrons. The van der Waals surface area contributed by atoms with Gasteiger partial charge in [0.15, 0.2) is 0 Å². The van der Waals surface area contributed by atoms with Gasteiger partial charge in [0.2, 0.25) is 0 Å². The minimum Gasteiger partial charge on any atom is -0.409 e. The van der Waals surface area contributed by atoms with Crippen LogP contribution in [0.3, 0.4) is 0 Å². The molecule has 68 valence electrons. The third-order valence-corrected chi connectivity index (χ3v) is 2.61. The van der Waals surface area contributed by atoms with Crippen molar-refractivity contribution in [3.05, 3.63) is 35.4 Å². The molecule has 0 saturated heterocycles. The molecule has 0 spiro atoms. The van der Waals surface area contributed by atoms with E-state index in [1.165, 1.54) is 11.1 Å². The van der Waals surface area contributed by atoms with Gasteiger partial charge in [0.25, 0.3) is 0 Å². The third kappa shape index (κ3) is 1.26. The molecule has 3 N–H and O–H groups in total. The highest BCUT2D eigenvalue weighted by Gasteiger charge is 2.24. The van der Waals surface area contributed by atoms with Gasteiger partial charge in [-0.2, -0.15) is 0 Å². The van der Waals surface area contributed by atoms with Gasteiger partial charge in [0, 0.05) is 5.92 Å². The van der Waals surface area contributed by atoms with Gasteiger partial charge >= 0.3 is 0 Å². The Morgan fingerprint density at radius 3 is 3.00 bits per heavy atom. The number of hydrogen-bond acceptors (Lipinski definition) is 2. The van der Waals surface area contributed by atoms with Crippen LogP contribution in [0.5, 0.6) is 0 Å². The van der Waals surface area contributed by atoms with Crippen molar-refractivity contribution >= 4 is 5.84 Å². The van der Waals surface area contributed by atoms with E-state index in [0.717, 1.165) is 12.8 Å². The van der Waals surface area contributed by atoms with Gasteiger partial charge < -0.3 is 10.9 Å². The minimum absolute atomic E-state index is 0.112. The summed E-state index contributed by atoms with van der Waals surface area (Å²) in [6.07, 6.45) is 1.98. The van der Waals surface area contributed by atoms with Crippen molar-refractivity contribution in [2.75, 3.05) is 0 Å². The third-order valence-electron chi connectivity index (χ3n) is 2.61. The van der Waals surface area contributed by atoms with Crippen molar-refractivity contribution in [2.45, 2.75) is 18.8 Å². The van der Waals surface area contributed by atoms with Crippen LogP contribution < -0.4 is 5.73 Å². The summed E-state index contributed by atoms with van der Waals surface area (Å²) < 4.78 is 0. The predicted molar refractivity (Wildman–Crippen MR) is 50.9 cm³/mol. The van der Waals surface area contributed by atoms with Crippen LogP contribution in [0.4, 0.5) is 0 Å². The quantitative estimate of drug-likeness (QED) is 0.294. The number of nitrogens with zero attached hydrogens (tertiary/aromatic N) is 1. The van der Waals surface area contributed by atoms with Gasteiger partial charge in [-0.3, -0.25) is 0 Å². The van der Waals surface area contributed by atoms with E-state index in [4.69, 9.17) is 10.9 Å². The van der Waals surface area contributed by atoms with Crippen molar-refractivity contribution in [1.29, 1.82) is 0 Å². The van der Waals surface area contributed by atoms with Gasteiger partial charge in [-0.15, -0.1) is 0 Å². The molecule has 1 aliphatic rings. The van der Waals surface area contributed by atoms with E-state index in [1.807, 2.05) is 18.2 Å². The summed E-state index contributed by atoms with van der Waals surface area (Å²) in [6, 6.07) is 8.15. The molecule has 0 bridgehead atoms. The lowest BCUT2D eigenvalue weighted by Crippen LogP contribution is -2.19.